The molecule has 0 aromatic heterocycles. The van der Waals surface area contributed by atoms with Crippen LogP contribution in [0.3, 0.4) is 0 Å². The van der Waals surface area contributed by atoms with Gasteiger partial charge in [-0.05, 0) is 30.3 Å². The van der Waals surface area contributed by atoms with E-state index >= 15 is 0 Å². The van der Waals surface area contributed by atoms with E-state index in [1.165, 1.54) is 18.2 Å². The average Bonchev–Trinajstić information content (AvgIpc) is 2.41. The van der Waals surface area contributed by atoms with Crippen molar-refractivity contribution < 1.29 is 13.2 Å². The summed E-state index contributed by atoms with van der Waals surface area (Å²) in [6, 6.07) is 11.1. The van der Waals surface area contributed by atoms with Crippen molar-refractivity contribution in [3.05, 3.63) is 47.5 Å². The lowest BCUT2D eigenvalue weighted by molar-refractivity contribution is 0.483. The third-order valence-electron chi connectivity index (χ3n) is 2.65. The molecule has 2 aromatic rings. The fourth-order valence-corrected chi connectivity index (χ4v) is 2.94. The normalized spacial score (nSPS) is 11.3. The topological polar surface area (TPSA) is 81.4 Å². The smallest absolute Gasteiger partial charge is 0.240 e. The number of ether oxygens (including phenoxy) is 1. The minimum absolute atomic E-state index is 0.0931. The van der Waals surface area contributed by atoms with Gasteiger partial charge in [0, 0.05) is 17.6 Å². The van der Waals surface area contributed by atoms with Crippen LogP contribution in [-0.2, 0) is 10.0 Å². The number of hydrogen-bond donors (Lipinski definition) is 2. The maximum Gasteiger partial charge on any atom is 0.240 e. The molecule has 7 heteroatoms. The first-order chi connectivity index (χ1) is 9.92. The number of nitrogens with two attached hydrogens (primary N) is 1. The largest absolute Gasteiger partial charge is 0.455 e. The van der Waals surface area contributed by atoms with E-state index in [4.69, 9.17) is 22.1 Å². The zero-order valence-corrected chi connectivity index (χ0v) is 12.9. The average molecular weight is 327 g/mol. The Morgan fingerprint density at radius 2 is 2.00 bits per heavy atom. The monoisotopic (exact) mass is 326 g/mol. The molecule has 3 N–H and O–H groups in total. The van der Waals surface area contributed by atoms with E-state index < -0.39 is 10.0 Å². The highest BCUT2D eigenvalue weighted by Gasteiger charge is 2.15. The molecule has 112 valence electrons. The number of rotatable bonds is 5. The van der Waals surface area contributed by atoms with Crippen molar-refractivity contribution >= 4 is 27.3 Å². The summed E-state index contributed by atoms with van der Waals surface area (Å²) in [4.78, 5) is 0.0931. The van der Waals surface area contributed by atoms with E-state index in [0.29, 0.717) is 23.0 Å². The minimum Gasteiger partial charge on any atom is -0.455 e. The van der Waals surface area contributed by atoms with Gasteiger partial charge in [-0.25, -0.2) is 13.1 Å². The summed E-state index contributed by atoms with van der Waals surface area (Å²) < 4.78 is 32.0. The molecule has 0 fully saturated rings. The number of sulfonamides is 1. The third kappa shape index (κ3) is 3.87. The van der Waals surface area contributed by atoms with Crippen molar-refractivity contribution in [3.8, 4) is 11.5 Å². The Labute approximate surface area is 128 Å². The van der Waals surface area contributed by atoms with Gasteiger partial charge >= 0.3 is 0 Å². The van der Waals surface area contributed by atoms with Crippen molar-refractivity contribution in [1.29, 1.82) is 0 Å². The van der Waals surface area contributed by atoms with Crippen molar-refractivity contribution in [2.45, 2.75) is 11.8 Å². The second-order valence-corrected chi connectivity index (χ2v) is 6.46. The Kier molecular flexibility index (Phi) is 4.72. The lowest BCUT2D eigenvalue weighted by Gasteiger charge is -2.11. The summed E-state index contributed by atoms with van der Waals surface area (Å²) >= 11 is 5.88. The molecule has 0 aliphatic heterocycles. The van der Waals surface area contributed by atoms with Gasteiger partial charge in [0.15, 0.2) is 5.75 Å². The quantitative estimate of drug-likeness (QED) is 0.827. The molecule has 0 amide bonds. The second-order valence-electron chi connectivity index (χ2n) is 4.26. The van der Waals surface area contributed by atoms with Crippen LogP contribution in [0.5, 0.6) is 11.5 Å². The van der Waals surface area contributed by atoms with Gasteiger partial charge in [-0.2, -0.15) is 0 Å². The summed E-state index contributed by atoms with van der Waals surface area (Å²) in [5, 5.41) is 0.516. The molecule has 2 rings (SSSR count). The van der Waals surface area contributed by atoms with Gasteiger partial charge in [0.05, 0.1) is 10.6 Å². The van der Waals surface area contributed by atoms with E-state index in [2.05, 4.69) is 4.72 Å². The molecule has 0 unspecified atom stereocenters. The highest BCUT2D eigenvalue weighted by atomic mass is 35.5. The van der Waals surface area contributed by atoms with Gasteiger partial charge < -0.3 is 10.5 Å². The molecule has 0 heterocycles. The van der Waals surface area contributed by atoms with Crippen LogP contribution in [0, 0.1) is 0 Å². The number of benzene rings is 2. The second kappa shape index (κ2) is 6.34. The van der Waals surface area contributed by atoms with E-state index in [1.807, 2.05) is 0 Å². The maximum atomic E-state index is 12.0. The lowest BCUT2D eigenvalue weighted by Crippen LogP contribution is -2.23. The van der Waals surface area contributed by atoms with E-state index in [0.717, 1.165) is 0 Å². The summed E-state index contributed by atoms with van der Waals surface area (Å²) in [7, 11) is -3.56. The Morgan fingerprint density at radius 3 is 2.67 bits per heavy atom. The SMILES string of the molecule is CCNS(=O)(=O)c1ccc(N)c(Oc2cccc(Cl)c2)c1. The van der Waals surface area contributed by atoms with Gasteiger partial charge in [0.25, 0.3) is 0 Å². The van der Waals surface area contributed by atoms with Crippen LogP contribution in [0.15, 0.2) is 47.4 Å². The fourth-order valence-electron chi connectivity index (χ4n) is 1.70. The number of nitrogen functional groups attached to an aromatic ring is 1. The number of hydrogen-bond acceptors (Lipinski definition) is 4. The van der Waals surface area contributed by atoms with E-state index in [1.54, 1.807) is 31.2 Å². The number of nitrogens with one attached hydrogen (secondary N) is 1. The summed E-state index contributed by atoms with van der Waals surface area (Å²) in [6.07, 6.45) is 0. The van der Waals surface area contributed by atoms with Crippen LogP contribution in [0.1, 0.15) is 6.92 Å². The zero-order chi connectivity index (χ0) is 15.5. The predicted octanol–water partition coefficient (Wildman–Crippen LogP) is 3.01. The van der Waals surface area contributed by atoms with Crippen LogP contribution < -0.4 is 15.2 Å². The minimum atomic E-state index is -3.56. The molecule has 21 heavy (non-hydrogen) atoms. The van der Waals surface area contributed by atoms with Crippen molar-refractivity contribution in [2.75, 3.05) is 12.3 Å². The van der Waals surface area contributed by atoms with Gasteiger partial charge in [0.1, 0.15) is 5.75 Å². The van der Waals surface area contributed by atoms with Crippen LogP contribution >= 0.6 is 11.6 Å². The molecule has 0 radical (unpaired) electrons. The van der Waals surface area contributed by atoms with Crippen LogP contribution in [0.2, 0.25) is 5.02 Å². The molecule has 0 bridgehead atoms. The zero-order valence-electron chi connectivity index (χ0n) is 11.3. The maximum absolute atomic E-state index is 12.0. The van der Waals surface area contributed by atoms with Gasteiger partial charge in [-0.1, -0.05) is 24.6 Å². The molecule has 0 spiro atoms. The molecule has 0 atom stereocenters. The Bertz CT molecular complexity index is 748. The van der Waals surface area contributed by atoms with Crippen molar-refractivity contribution in [2.24, 2.45) is 0 Å². The fraction of sp³-hybridized carbons (Fsp3) is 0.143. The van der Waals surface area contributed by atoms with Crippen LogP contribution in [0.25, 0.3) is 0 Å². The molecular weight excluding hydrogens is 312 g/mol. The molecule has 0 aliphatic rings. The Morgan fingerprint density at radius 1 is 1.24 bits per heavy atom. The van der Waals surface area contributed by atoms with E-state index in [9.17, 15) is 8.42 Å². The number of anilines is 1. The highest BCUT2D eigenvalue weighted by Crippen LogP contribution is 2.30. The van der Waals surface area contributed by atoms with Crippen molar-refractivity contribution in [3.63, 3.8) is 0 Å². The van der Waals surface area contributed by atoms with E-state index in [-0.39, 0.29) is 10.6 Å². The lowest BCUT2D eigenvalue weighted by atomic mass is 10.3. The van der Waals surface area contributed by atoms with Gasteiger partial charge in [-0.15, -0.1) is 0 Å². The van der Waals surface area contributed by atoms with Crippen molar-refractivity contribution in [1.82, 2.24) is 4.72 Å². The first-order valence-electron chi connectivity index (χ1n) is 6.25. The Balaban J connectivity index is 2.36. The first-order valence-corrected chi connectivity index (χ1v) is 8.11. The number of halogens is 1. The van der Waals surface area contributed by atoms with Gasteiger partial charge in [-0.3, -0.25) is 0 Å². The van der Waals surface area contributed by atoms with Crippen LogP contribution in [0.4, 0.5) is 5.69 Å². The predicted molar refractivity (Wildman–Crippen MR) is 83.2 cm³/mol. The van der Waals surface area contributed by atoms with Gasteiger partial charge in [0.2, 0.25) is 10.0 Å². The Hall–Kier alpha value is -1.76. The van der Waals surface area contributed by atoms with Crippen LogP contribution in [-0.4, -0.2) is 15.0 Å². The summed E-state index contributed by atoms with van der Waals surface area (Å²) in [6.45, 7) is 2.01. The standard InChI is InChI=1S/C14H15ClN2O3S/c1-2-17-21(18,19)12-6-7-13(16)14(9-12)20-11-5-3-4-10(15)8-11/h3-9,17H,2,16H2,1H3. The third-order valence-corrected chi connectivity index (χ3v) is 4.43. The molecule has 2 aromatic carbocycles. The first kappa shape index (κ1) is 15.6. The summed E-state index contributed by atoms with van der Waals surface area (Å²) in [5.74, 6) is 0.739. The highest BCUT2D eigenvalue weighted by molar-refractivity contribution is 7.89. The molecule has 0 saturated carbocycles. The summed E-state index contributed by atoms with van der Waals surface area (Å²) in [5.41, 5.74) is 6.16. The molecule has 0 aliphatic carbocycles. The molecular formula is C14H15ClN2O3S. The molecule has 0 saturated heterocycles. The molecule has 5 nitrogen and oxygen atoms in total.